The predicted molar refractivity (Wildman–Crippen MR) is 68.7 cm³/mol. The molecule has 4 rings (SSSR count). The monoisotopic (exact) mass is 286 g/mol. The highest BCUT2D eigenvalue weighted by Crippen LogP contribution is 2.69. The van der Waals surface area contributed by atoms with Crippen LogP contribution in [0.1, 0.15) is 33.6 Å². The van der Waals surface area contributed by atoms with E-state index in [0.717, 1.165) is 24.0 Å². The Hall–Kier alpha value is 0.465. The minimum absolute atomic E-state index is 0.00511. The molecule has 1 saturated heterocycles. The van der Waals surface area contributed by atoms with Crippen LogP contribution >= 0.6 is 15.9 Å². The molecule has 4 atom stereocenters. The first-order chi connectivity index (χ1) is 7.50. The van der Waals surface area contributed by atoms with Gasteiger partial charge in [0.15, 0.2) is 0 Å². The topological polar surface area (TPSA) is 18.5 Å². The van der Waals surface area contributed by atoms with Crippen molar-refractivity contribution in [2.75, 3.05) is 5.33 Å². The van der Waals surface area contributed by atoms with Crippen LogP contribution in [0.25, 0.3) is 0 Å². The molecule has 0 radical (unpaired) electrons. The van der Waals surface area contributed by atoms with Crippen LogP contribution < -0.4 is 0 Å². The fourth-order valence-electron chi connectivity index (χ4n) is 4.27. The molecule has 3 aliphatic carbocycles. The zero-order valence-electron chi connectivity index (χ0n) is 10.3. The normalized spacial score (nSPS) is 48.0. The average molecular weight is 287 g/mol. The standard InChI is InChI=1S/C12H20BBrO2/c1-11(2)8-7-9(11)12(3)10(8)15-13(16-12)5-4-6-14/h8-10H,4-7H2,1-3H3. The Morgan fingerprint density at radius 1 is 1.38 bits per heavy atom. The Morgan fingerprint density at radius 3 is 2.69 bits per heavy atom. The first-order valence-electron chi connectivity index (χ1n) is 6.39. The molecule has 16 heavy (non-hydrogen) atoms. The summed E-state index contributed by atoms with van der Waals surface area (Å²) in [5, 5.41) is 1.04. The zero-order valence-corrected chi connectivity index (χ0v) is 11.9. The third-order valence-electron chi connectivity index (χ3n) is 5.22. The third-order valence-corrected chi connectivity index (χ3v) is 5.78. The second-order valence-corrected chi connectivity index (χ2v) is 7.13. The van der Waals surface area contributed by atoms with Crippen molar-refractivity contribution in [2.45, 2.75) is 51.6 Å². The Bertz CT molecular complexity index is 309. The van der Waals surface area contributed by atoms with Gasteiger partial charge >= 0.3 is 7.12 Å². The number of hydrogen-bond acceptors (Lipinski definition) is 2. The maximum Gasteiger partial charge on any atom is 0.457 e. The molecule has 4 heteroatoms. The Morgan fingerprint density at radius 2 is 2.12 bits per heavy atom. The molecule has 1 aliphatic heterocycles. The molecule has 4 aliphatic rings. The summed E-state index contributed by atoms with van der Waals surface area (Å²) in [6.07, 6.45) is 3.82. The summed E-state index contributed by atoms with van der Waals surface area (Å²) in [5.74, 6) is 1.42. The molecular weight excluding hydrogens is 267 g/mol. The Labute approximate surface area is 107 Å². The quantitative estimate of drug-likeness (QED) is 0.586. The maximum absolute atomic E-state index is 6.22. The summed E-state index contributed by atoms with van der Waals surface area (Å²) in [5.41, 5.74) is 0.435. The van der Waals surface area contributed by atoms with E-state index in [4.69, 9.17) is 9.31 Å². The van der Waals surface area contributed by atoms with Crippen molar-refractivity contribution < 1.29 is 9.31 Å². The van der Waals surface area contributed by atoms with Crippen LogP contribution in [-0.2, 0) is 9.31 Å². The van der Waals surface area contributed by atoms with Crippen LogP contribution in [-0.4, -0.2) is 24.2 Å². The average Bonchev–Trinajstić information content (AvgIpc) is 2.70. The van der Waals surface area contributed by atoms with Crippen LogP contribution in [0, 0.1) is 17.3 Å². The number of halogens is 1. The van der Waals surface area contributed by atoms with Gasteiger partial charge in [-0.25, -0.2) is 0 Å². The van der Waals surface area contributed by atoms with E-state index in [1.807, 2.05) is 0 Å². The van der Waals surface area contributed by atoms with Gasteiger partial charge in [-0.3, -0.25) is 0 Å². The molecule has 2 nitrogen and oxygen atoms in total. The summed E-state index contributed by atoms with van der Waals surface area (Å²) in [6, 6.07) is 0. The molecule has 90 valence electrons. The highest BCUT2D eigenvalue weighted by molar-refractivity contribution is 9.09. The lowest BCUT2D eigenvalue weighted by atomic mass is 9.59. The molecule has 0 spiro atoms. The van der Waals surface area contributed by atoms with Crippen LogP contribution in [0.3, 0.4) is 0 Å². The van der Waals surface area contributed by atoms with Crippen LogP contribution in [0.15, 0.2) is 0 Å². The minimum Gasteiger partial charge on any atom is -0.405 e. The first-order valence-corrected chi connectivity index (χ1v) is 7.51. The van der Waals surface area contributed by atoms with Gasteiger partial charge in [-0.2, -0.15) is 0 Å². The van der Waals surface area contributed by atoms with Crippen molar-refractivity contribution >= 4 is 23.0 Å². The van der Waals surface area contributed by atoms with Gasteiger partial charge in [0.2, 0.25) is 0 Å². The highest BCUT2D eigenvalue weighted by Gasteiger charge is 2.74. The molecule has 0 N–H and O–H groups in total. The maximum atomic E-state index is 6.22. The summed E-state index contributed by atoms with van der Waals surface area (Å²) in [6.45, 7) is 7.01. The summed E-state index contributed by atoms with van der Waals surface area (Å²) in [4.78, 5) is 0. The summed E-state index contributed by atoms with van der Waals surface area (Å²) in [7, 11) is 0.0500. The van der Waals surface area contributed by atoms with Crippen LogP contribution in [0.2, 0.25) is 6.32 Å². The van der Waals surface area contributed by atoms with Gasteiger partial charge in [0.25, 0.3) is 0 Å². The van der Waals surface area contributed by atoms with Gasteiger partial charge in [-0.15, -0.1) is 0 Å². The lowest BCUT2D eigenvalue weighted by Crippen LogP contribution is -2.45. The van der Waals surface area contributed by atoms with Gasteiger partial charge in [0, 0.05) is 5.33 Å². The predicted octanol–water partition coefficient (Wildman–Crippen LogP) is 3.11. The van der Waals surface area contributed by atoms with Crippen molar-refractivity contribution in [3.63, 3.8) is 0 Å². The second kappa shape index (κ2) is 3.49. The smallest absolute Gasteiger partial charge is 0.405 e. The van der Waals surface area contributed by atoms with E-state index >= 15 is 0 Å². The van der Waals surface area contributed by atoms with E-state index in [9.17, 15) is 0 Å². The van der Waals surface area contributed by atoms with Crippen LogP contribution in [0.4, 0.5) is 0 Å². The van der Waals surface area contributed by atoms with Crippen molar-refractivity contribution in [1.82, 2.24) is 0 Å². The molecule has 3 saturated carbocycles. The van der Waals surface area contributed by atoms with Crippen LogP contribution in [0.5, 0.6) is 0 Å². The molecule has 2 bridgehead atoms. The fourth-order valence-corrected chi connectivity index (χ4v) is 4.59. The zero-order chi connectivity index (χ0) is 11.6. The largest absolute Gasteiger partial charge is 0.457 e. The minimum atomic E-state index is 0.00511. The van der Waals surface area contributed by atoms with Gasteiger partial charge in [-0.05, 0) is 43.3 Å². The van der Waals surface area contributed by atoms with Gasteiger partial charge < -0.3 is 9.31 Å². The van der Waals surface area contributed by atoms with E-state index < -0.39 is 0 Å². The number of rotatable bonds is 3. The summed E-state index contributed by atoms with van der Waals surface area (Å²) < 4.78 is 12.4. The molecular formula is C12H20BBrO2. The van der Waals surface area contributed by atoms with E-state index in [-0.39, 0.29) is 12.7 Å². The Balaban J connectivity index is 1.72. The van der Waals surface area contributed by atoms with Gasteiger partial charge in [0.1, 0.15) is 0 Å². The molecule has 0 aromatic carbocycles. The first kappa shape index (κ1) is 11.5. The Kier molecular flexibility index (Phi) is 2.52. The van der Waals surface area contributed by atoms with Crippen molar-refractivity contribution in [3.05, 3.63) is 0 Å². The SMILES string of the molecule is CC1(C)C2CC1C1(C)OB(CCCBr)OC21. The summed E-state index contributed by atoms with van der Waals surface area (Å²) >= 11 is 3.46. The van der Waals surface area contributed by atoms with Crippen molar-refractivity contribution in [1.29, 1.82) is 0 Å². The lowest BCUT2D eigenvalue weighted by molar-refractivity contribution is -0.0303. The van der Waals surface area contributed by atoms with E-state index in [2.05, 4.69) is 36.7 Å². The van der Waals surface area contributed by atoms with Crippen molar-refractivity contribution in [2.24, 2.45) is 17.3 Å². The molecule has 1 heterocycles. The number of alkyl halides is 1. The fraction of sp³-hybridized carbons (Fsp3) is 1.00. The van der Waals surface area contributed by atoms with Gasteiger partial charge in [-0.1, -0.05) is 29.8 Å². The molecule has 4 unspecified atom stereocenters. The second-order valence-electron chi connectivity index (χ2n) is 6.34. The van der Waals surface area contributed by atoms with E-state index in [1.54, 1.807) is 0 Å². The molecule has 4 fully saturated rings. The van der Waals surface area contributed by atoms with E-state index in [1.165, 1.54) is 6.42 Å². The lowest BCUT2D eigenvalue weighted by Gasteiger charge is -2.47. The van der Waals surface area contributed by atoms with Crippen molar-refractivity contribution in [3.8, 4) is 0 Å². The number of hydrogen-bond donors (Lipinski definition) is 0. The third kappa shape index (κ3) is 1.27. The highest BCUT2D eigenvalue weighted by atomic mass is 79.9. The molecule has 0 aromatic rings. The van der Waals surface area contributed by atoms with Gasteiger partial charge in [0.05, 0.1) is 11.7 Å². The molecule has 0 aromatic heterocycles. The molecule has 0 amide bonds. The van der Waals surface area contributed by atoms with E-state index in [0.29, 0.717) is 17.4 Å².